The highest BCUT2D eigenvalue weighted by Gasteiger charge is 2.31. The molecule has 0 aliphatic heterocycles. The summed E-state index contributed by atoms with van der Waals surface area (Å²) in [5.41, 5.74) is -0.833. The van der Waals surface area contributed by atoms with Crippen LogP contribution >= 0.6 is 11.6 Å². The minimum atomic E-state index is -4.44. The van der Waals surface area contributed by atoms with Crippen LogP contribution in [0.4, 0.5) is 19.0 Å². The number of anilines is 1. The molecule has 0 radical (unpaired) electrons. The third kappa shape index (κ3) is 5.10. The van der Waals surface area contributed by atoms with E-state index in [-0.39, 0.29) is 11.0 Å². The van der Waals surface area contributed by atoms with Crippen LogP contribution < -0.4 is 5.32 Å². The molecular formula is C11H14ClF3N2O. The molecule has 1 aromatic rings. The molecule has 0 aliphatic carbocycles. The minimum Gasteiger partial charge on any atom is -0.393 e. The van der Waals surface area contributed by atoms with Crippen molar-refractivity contribution in [2.45, 2.75) is 32.0 Å². The number of alkyl halides is 3. The van der Waals surface area contributed by atoms with Crippen LogP contribution in [-0.2, 0) is 6.18 Å². The van der Waals surface area contributed by atoms with Gasteiger partial charge in [0.05, 0.1) is 11.7 Å². The molecule has 2 N–H and O–H groups in total. The first-order valence-electron chi connectivity index (χ1n) is 5.46. The number of hydrogen-bond donors (Lipinski definition) is 2. The van der Waals surface area contributed by atoms with E-state index in [0.29, 0.717) is 19.4 Å². The van der Waals surface area contributed by atoms with Gasteiger partial charge in [0.15, 0.2) is 0 Å². The summed E-state index contributed by atoms with van der Waals surface area (Å²) >= 11 is 5.53. The minimum absolute atomic E-state index is 0.0837. The number of aromatic nitrogens is 1. The molecule has 1 rings (SSSR count). The zero-order valence-electron chi connectivity index (χ0n) is 9.76. The summed E-state index contributed by atoms with van der Waals surface area (Å²) in [6.07, 6.45) is -3.67. The predicted molar refractivity (Wildman–Crippen MR) is 63.7 cm³/mol. The Labute approximate surface area is 108 Å². The molecule has 1 unspecified atom stereocenters. The number of nitrogens with one attached hydrogen (secondary N) is 1. The molecular weight excluding hydrogens is 269 g/mol. The predicted octanol–water partition coefficient (Wildman–Crippen LogP) is 3.33. The molecule has 0 fully saturated rings. The van der Waals surface area contributed by atoms with Gasteiger partial charge in [0.25, 0.3) is 0 Å². The number of hydrogen-bond acceptors (Lipinski definition) is 3. The van der Waals surface area contributed by atoms with E-state index in [1.165, 1.54) is 0 Å². The molecule has 18 heavy (non-hydrogen) atoms. The van der Waals surface area contributed by atoms with Gasteiger partial charge in [-0.25, -0.2) is 4.98 Å². The van der Waals surface area contributed by atoms with E-state index in [2.05, 4.69) is 10.3 Å². The van der Waals surface area contributed by atoms with Crippen molar-refractivity contribution in [3.8, 4) is 0 Å². The monoisotopic (exact) mass is 282 g/mol. The van der Waals surface area contributed by atoms with Crippen molar-refractivity contribution in [2.75, 3.05) is 11.9 Å². The van der Waals surface area contributed by atoms with Crippen molar-refractivity contribution in [1.29, 1.82) is 0 Å². The van der Waals surface area contributed by atoms with Gasteiger partial charge in [-0.1, -0.05) is 11.6 Å². The number of halogens is 4. The fourth-order valence-corrected chi connectivity index (χ4v) is 1.57. The van der Waals surface area contributed by atoms with E-state index >= 15 is 0 Å². The first-order valence-corrected chi connectivity index (χ1v) is 5.83. The standard InChI is InChI=1S/C11H14ClF3N2O/c1-7(18)3-2-4-16-10-6-8(11(13,14)15)5-9(12)17-10/h5-7,18H,2-4H2,1H3,(H,16,17). The number of aliphatic hydroxyl groups is 1. The molecule has 3 nitrogen and oxygen atoms in total. The molecule has 0 saturated heterocycles. The molecule has 1 aromatic heterocycles. The van der Waals surface area contributed by atoms with Gasteiger partial charge in [0.2, 0.25) is 0 Å². The highest BCUT2D eigenvalue weighted by atomic mass is 35.5. The smallest absolute Gasteiger partial charge is 0.393 e. The number of nitrogens with zero attached hydrogens (tertiary/aromatic N) is 1. The van der Waals surface area contributed by atoms with Crippen molar-refractivity contribution in [3.63, 3.8) is 0 Å². The van der Waals surface area contributed by atoms with Crippen molar-refractivity contribution >= 4 is 17.4 Å². The van der Waals surface area contributed by atoms with Crippen LogP contribution in [0.3, 0.4) is 0 Å². The molecule has 0 amide bonds. The normalized spacial score (nSPS) is 13.4. The lowest BCUT2D eigenvalue weighted by Gasteiger charge is -2.11. The summed E-state index contributed by atoms with van der Waals surface area (Å²) in [5.74, 6) is 0.0837. The Kier molecular flexibility index (Phi) is 5.22. The molecule has 0 bridgehead atoms. The summed E-state index contributed by atoms with van der Waals surface area (Å²) in [6.45, 7) is 2.08. The molecule has 0 saturated carbocycles. The van der Waals surface area contributed by atoms with E-state index in [1.807, 2.05) is 0 Å². The van der Waals surface area contributed by atoms with Gasteiger partial charge in [0, 0.05) is 6.54 Å². The van der Waals surface area contributed by atoms with Gasteiger partial charge in [0.1, 0.15) is 11.0 Å². The summed E-state index contributed by atoms with van der Waals surface area (Å²) in [7, 11) is 0. The Morgan fingerprint density at radius 3 is 2.67 bits per heavy atom. The van der Waals surface area contributed by atoms with Gasteiger partial charge in [-0.3, -0.25) is 0 Å². The number of aliphatic hydroxyl groups excluding tert-OH is 1. The Morgan fingerprint density at radius 1 is 1.44 bits per heavy atom. The zero-order valence-corrected chi connectivity index (χ0v) is 10.5. The fraction of sp³-hybridized carbons (Fsp3) is 0.545. The Bertz CT molecular complexity index is 396. The quantitative estimate of drug-likeness (QED) is 0.643. The average Bonchev–Trinajstić information content (AvgIpc) is 2.22. The van der Waals surface area contributed by atoms with Crippen molar-refractivity contribution < 1.29 is 18.3 Å². The van der Waals surface area contributed by atoms with E-state index in [0.717, 1.165) is 12.1 Å². The van der Waals surface area contributed by atoms with Crippen LogP contribution in [0.2, 0.25) is 5.15 Å². The third-order valence-electron chi connectivity index (χ3n) is 2.23. The first-order chi connectivity index (χ1) is 8.29. The maximum atomic E-state index is 12.5. The fourth-order valence-electron chi connectivity index (χ4n) is 1.37. The maximum Gasteiger partial charge on any atom is 0.416 e. The van der Waals surface area contributed by atoms with Crippen LogP contribution in [0, 0.1) is 0 Å². The SMILES string of the molecule is CC(O)CCCNc1cc(C(F)(F)F)cc(Cl)n1. The van der Waals surface area contributed by atoms with Crippen LogP contribution in [0.1, 0.15) is 25.3 Å². The summed E-state index contributed by atoms with van der Waals surface area (Å²) in [6, 6.07) is 1.69. The average molecular weight is 283 g/mol. The number of rotatable bonds is 5. The van der Waals surface area contributed by atoms with Crippen LogP contribution in [0.5, 0.6) is 0 Å². The van der Waals surface area contributed by atoms with Crippen molar-refractivity contribution in [3.05, 3.63) is 22.8 Å². The van der Waals surface area contributed by atoms with E-state index in [9.17, 15) is 13.2 Å². The van der Waals surface area contributed by atoms with Gasteiger partial charge >= 0.3 is 6.18 Å². The molecule has 1 heterocycles. The summed E-state index contributed by atoms with van der Waals surface area (Å²) < 4.78 is 37.5. The lowest BCUT2D eigenvalue weighted by molar-refractivity contribution is -0.137. The lowest BCUT2D eigenvalue weighted by Crippen LogP contribution is -2.10. The first kappa shape index (κ1) is 15.0. The second-order valence-corrected chi connectivity index (χ2v) is 4.37. The van der Waals surface area contributed by atoms with E-state index < -0.39 is 17.8 Å². The van der Waals surface area contributed by atoms with E-state index in [4.69, 9.17) is 16.7 Å². The summed E-state index contributed by atoms with van der Waals surface area (Å²) in [5, 5.41) is 11.6. The maximum absolute atomic E-state index is 12.5. The van der Waals surface area contributed by atoms with Gasteiger partial charge < -0.3 is 10.4 Å². The lowest BCUT2D eigenvalue weighted by atomic mass is 10.2. The van der Waals surface area contributed by atoms with Crippen LogP contribution in [0.15, 0.2) is 12.1 Å². The van der Waals surface area contributed by atoms with Crippen LogP contribution in [-0.4, -0.2) is 22.7 Å². The molecule has 0 aromatic carbocycles. The highest BCUT2D eigenvalue weighted by molar-refractivity contribution is 6.29. The Balaban J connectivity index is 2.63. The number of pyridine rings is 1. The second-order valence-electron chi connectivity index (χ2n) is 3.98. The third-order valence-corrected chi connectivity index (χ3v) is 2.42. The van der Waals surface area contributed by atoms with E-state index in [1.54, 1.807) is 6.92 Å². The van der Waals surface area contributed by atoms with Crippen molar-refractivity contribution in [1.82, 2.24) is 4.98 Å². The van der Waals surface area contributed by atoms with Gasteiger partial charge in [-0.15, -0.1) is 0 Å². The van der Waals surface area contributed by atoms with Gasteiger partial charge in [-0.2, -0.15) is 13.2 Å². The second kappa shape index (κ2) is 6.24. The molecule has 0 spiro atoms. The molecule has 1 atom stereocenters. The zero-order chi connectivity index (χ0) is 13.8. The Hall–Kier alpha value is -1.01. The van der Waals surface area contributed by atoms with Gasteiger partial charge in [-0.05, 0) is 31.9 Å². The summed E-state index contributed by atoms with van der Waals surface area (Å²) in [4.78, 5) is 3.76. The Morgan fingerprint density at radius 2 is 2.11 bits per heavy atom. The molecule has 0 aliphatic rings. The molecule has 7 heteroatoms. The largest absolute Gasteiger partial charge is 0.416 e. The molecule has 102 valence electrons. The van der Waals surface area contributed by atoms with Crippen LogP contribution in [0.25, 0.3) is 0 Å². The highest BCUT2D eigenvalue weighted by Crippen LogP contribution is 2.31. The van der Waals surface area contributed by atoms with Crippen molar-refractivity contribution in [2.24, 2.45) is 0 Å². The topological polar surface area (TPSA) is 45.1 Å².